The molecule has 0 aromatic heterocycles. The average molecular weight is 152 g/mol. The third-order valence-corrected chi connectivity index (χ3v) is 1.64. The summed E-state index contributed by atoms with van der Waals surface area (Å²) in [6.07, 6.45) is 7.74. The third-order valence-electron chi connectivity index (χ3n) is 1.64. The lowest BCUT2D eigenvalue weighted by molar-refractivity contribution is -0.118. The summed E-state index contributed by atoms with van der Waals surface area (Å²) in [5.74, 6) is -0.295. The highest BCUT2D eigenvalue weighted by Gasteiger charge is 2.10. The first kappa shape index (κ1) is 7.85. The predicted octanol–water partition coefficient (Wildman–Crippen LogP) is 0.246. The third kappa shape index (κ3) is 2.11. The van der Waals surface area contributed by atoms with Gasteiger partial charge in [0.15, 0.2) is 0 Å². The second-order valence-corrected chi connectivity index (χ2v) is 2.61. The molecule has 3 nitrogen and oxygen atoms in total. The summed E-state index contributed by atoms with van der Waals surface area (Å²) in [6, 6.07) is 0.271. The van der Waals surface area contributed by atoms with Gasteiger partial charge in [0.1, 0.15) is 0 Å². The monoisotopic (exact) mass is 152 g/mol. The number of primary amides is 1. The number of nitrogens with zero attached hydrogens (tertiary/aromatic N) is 1. The molecular formula is C8H12N2O. The van der Waals surface area contributed by atoms with Gasteiger partial charge in [-0.1, -0.05) is 12.2 Å². The average Bonchev–Trinajstić information content (AvgIpc) is 1.93. The Balaban J connectivity index is 2.52. The topological polar surface area (TPSA) is 46.3 Å². The van der Waals surface area contributed by atoms with Crippen molar-refractivity contribution < 1.29 is 4.79 Å². The molecule has 0 saturated carbocycles. The molecule has 3 heteroatoms. The van der Waals surface area contributed by atoms with Crippen LogP contribution in [0, 0.1) is 0 Å². The van der Waals surface area contributed by atoms with E-state index in [2.05, 4.69) is 0 Å². The maximum atomic E-state index is 10.5. The van der Waals surface area contributed by atoms with Gasteiger partial charge in [0.05, 0.1) is 6.54 Å². The van der Waals surface area contributed by atoms with Gasteiger partial charge < -0.3 is 10.6 Å². The predicted molar refractivity (Wildman–Crippen MR) is 43.6 cm³/mol. The van der Waals surface area contributed by atoms with E-state index < -0.39 is 0 Å². The van der Waals surface area contributed by atoms with Crippen molar-refractivity contribution in [3.63, 3.8) is 0 Å². The Kier molecular flexibility index (Phi) is 2.31. The smallest absolute Gasteiger partial charge is 0.236 e. The van der Waals surface area contributed by atoms with Gasteiger partial charge in [-0.15, -0.1) is 0 Å². The number of hydrogen-bond donors (Lipinski definition) is 1. The summed E-state index contributed by atoms with van der Waals surface area (Å²) in [5, 5.41) is 0. The first-order valence-electron chi connectivity index (χ1n) is 3.59. The van der Waals surface area contributed by atoms with E-state index in [1.165, 1.54) is 0 Å². The molecule has 11 heavy (non-hydrogen) atoms. The van der Waals surface area contributed by atoms with Crippen molar-refractivity contribution >= 4 is 5.91 Å². The lowest BCUT2D eigenvalue weighted by atomic mass is 10.2. The van der Waals surface area contributed by atoms with Crippen LogP contribution in [0.3, 0.4) is 0 Å². The fourth-order valence-electron chi connectivity index (χ4n) is 1.01. The molecule has 1 amide bonds. The van der Waals surface area contributed by atoms with Gasteiger partial charge in [-0.3, -0.25) is 4.79 Å². The number of allylic oxidation sites excluding steroid dienone is 2. The Morgan fingerprint density at radius 1 is 1.64 bits per heavy atom. The van der Waals surface area contributed by atoms with Crippen LogP contribution in [0.1, 0.15) is 6.92 Å². The molecule has 60 valence electrons. The molecule has 0 fully saturated rings. The van der Waals surface area contributed by atoms with E-state index in [4.69, 9.17) is 5.73 Å². The van der Waals surface area contributed by atoms with Crippen molar-refractivity contribution in [3.05, 3.63) is 24.4 Å². The molecule has 0 aromatic carbocycles. The Morgan fingerprint density at radius 3 is 2.91 bits per heavy atom. The Morgan fingerprint density at radius 2 is 2.36 bits per heavy atom. The first-order chi connectivity index (χ1) is 5.20. The van der Waals surface area contributed by atoms with Crippen LogP contribution in [0.25, 0.3) is 0 Å². The molecule has 1 heterocycles. The van der Waals surface area contributed by atoms with E-state index >= 15 is 0 Å². The number of carbonyl (C=O) groups excluding carboxylic acids is 1. The van der Waals surface area contributed by atoms with Gasteiger partial charge in [0.25, 0.3) is 0 Å². The summed E-state index contributed by atoms with van der Waals surface area (Å²) in [4.78, 5) is 12.4. The molecule has 1 unspecified atom stereocenters. The Hall–Kier alpha value is -1.25. The summed E-state index contributed by atoms with van der Waals surface area (Å²) >= 11 is 0. The van der Waals surface area contributed by atoms with Gasteiger partial charge in [0, 0.05) is 12.2 Å². The fraction of sp³-hybridized carbons (Fsp3) is 0.375. The number of nitrogens with two attached hydrogens (primary N) is 1. The van der Waals surface area contributed by atoms with Gasteiger partial charge in [-0.25, -0.2) is 0 Å². The zero-order valence-corrected chi connectivity index (χ0v) is 6.53. The number of carbonyl (C=O) groups is 1. The van der Waals surface area contributed by atoms with Gasteiger partial charge in [0.2, 0.25) is 5.91 Å². The normalized spacial score (nSPS) is 22.3. The summed E-state index contributed by atoms with van der Waals surface area (Å²) in [7, 11) is 0. The van der Waals surface area contributed by atoms with E-state index in [-0.39, 0.29) is 11.9 Å². The van der Waals surface area contributed by atoms with Gasteiger partial charge in [-0.05, 0) is 13.0 Å². The highest BCUT2D eigenvalue weighted by molar-refractivity contribution is 5.76. The highest BCUT2D eigenvalue weighted by atomic mass is 16.1. The van der Waals surface area contributed by atoms with Gasteiger partial charge in [-0.2, -0.15) is 0 Å². The zero-order valence-electron chi connectivity index (χ0n) is 6.53. The first-order valence-corrected chi connectivity index (χ1v) is 3.59. The lowest BCUT2D eigenvalue weighted by Gasteiger charge is -2.25. The minimum atomic E-state index is -0.295. The van der Waals surface area contributed by atoms with Crippen molar-refractivity contribution in [2.24, 2.45) is 5.73 Å². The largest absolute Gasteiger partial charge is 0.368 e. The molecular weight excluding hydrogens is 140 g/mol. The summed E-state index contributed by atoms with van der Waals surface area (Å²) in [5.41, 5.74) is 5.05. The molecule has 0 aliphatic carbocycles. The quantitative estimate of drug-likeness (QED) is 0.616. The SMILES string of the molecule is CC1C=CC=CN1CC(N)=O. The van der Waals surface area contributed by atoms with E-state index in [9.17, 15) is 4.79 Å². The lowest BCUT2D eigenvalue weighted by Crippen LogP contribution is -2.35. The van der Waals surface area contributed by atoms with Crippen LogP contribution in [-0.4, -0.2) is 23.4 Å². The fourth-order valence-corrected chi connectivity index (χ4v) is 1.01. The molecule has 0 spiro atoms. The van der Waals surface area contributed by atoms with Gasteiger partial charge >= 0.3 is 0 Å². The van der Waals surface area contributed by atoms with Crippen molar-refractivity contribution in [1.29, 1.82) is 0 Å². The van der Waals surface area contributed by atoms with E-state index in [0.29, 0.717) is 6.54 Å². The van der Waals surface area contributed by atoms with Crippen LogP contribution in [0.4, 0.5) is 0 Å². The molecule has 0 aromatic rings. The standard InChI is InChI=1S/C8H12N2O/c1-7-4-2-3-5-10(7)6-8(9)11/h2-5,7H,6H2,1H3,(H2,9,11). The zero-order chi connectivity index (χ0) is 8.27. The molecule has 0 bridgehead atoms. The van der Waals surface area contributed by atoms with Crippen molar-refractivity contribution in [1.82, 2.24) is 4.90 Å². The van der Waals surface area contributed by atoms with Crippen molar-refractivity contribution in [3.8, 4) is 0 Å². The number of hydrogen-bond acceptors (Lipinski definition) is 2. The highest BCUT2D eigenvalue weighted by Crippen LogP contribution is 2.05. The summed E-state index contributed by atoms with van der Waals surface area (Å²) in [6.45, 7) is 2.31. The number of amides is 1. The van der Waals surface area contributed by atoms with Crippen LogP contribution >= 0.6 is 0 Å². The molecule has 0 radical (unpaired) electrons. The van der Waals surface area contributed by atoms with Crippen molar-refractivity contribution in [2.45, 2.75) is 13.0 Å². The second-order valence-electron chi connectivity index (χ2n) is 2.61. The minimum absolute atomic E-state index is 0.271. The maximum absolute atomic E-state index is 10.5. The van der Waals surface area contributed by atoms with Crippen LogP contribution in [0.5, 0.6) is 0 Å². The van der Waals surface area contributed by atoms with E-state index in [0.717, 1.165) is 0 Å². The Labute approximate surface area is 66.2 Å². The maximum Gasteiger partial charge on any atom is 0.236 e. The minimum Gasteiger partial charge on any atom is -0.368 e. The summed E-state index contributed by atoms with van der Waals surface area (Å²) < 4.78 is 0. The van der Waals surface area contributed by atoms with Crippen LogP contribution in [0.15, 0.2) is 24.4 Å². The van der Waals surface area contributed by atoms with Crippen LogP contribution in [0.2, 0.25) is 0 Å². The molecule has 1 rings (SSSR count). The van der Waals surface area contributed by atoms with E-state index in [1.807, 2.05) is 36.3 Å². The molecule has 1 aliphatic heterocycles. The molecule has 2 N–H and O–H groups in total. The van der Waals surface area contributed by atoms with Crippen molar-refractivity contribution in [2.75, 3.05) is 6.54 Å². The Bertz CT molecular complexity index is 208. The van der Waals surface area contributed by atoms with E-state index in [1.54, 1.807) is 0 Å². The molecule has 1 atom stereocenters. The van der Waals surface area contributed by atoms with Crippen LogP contribution in [-0.2, 0) is 4.79 Å². The van der Waals surface area contributed by atoms with Crippen LogP contribution < -0.4 is 5.73 Å². The number of rotatable bonds is 2. The molecule has 0 saturated heterocycles. The second kappa shape index (κ2) is 3.23. The molecule has 1 aliphatic rings.